The van der Waals surface area contributed by atoms with Gasteiger partial charge in [0, 0.05) is 25.9 Å². The molecule has 20 heavy (non-hydrogen) atoms. The number of amides is 1. The first-order valence-corrected chi connectivity index (χ1v) is 7.49. The second-order valence-corrected chi connectivity index (χ2v) is 5.32. The van der Waals surface area contributed by atoms with Gasteiger partial charge in [-0.25, -0.2) is 9.67 Å². The van der Waals surface area contributed by atoms with Gasteiger partial charge in [0.05, 0.1) is 13.2 Å². The van der Waals surface area contributed by atoms with Gasteiger partial charge < -0.3 is 10.0 Å². The number of nitrogens with zero attached hydrogens (tertiary/aromatic N) is 4. The van der Waals surface area contributed by atoms with Crippen molar-refractivity contribution in [2.45, 2.75) is 52.0 Å². The number of hydrogen-bond donors (Lipinski definition) is 1. The van der Waals surface area contributed by atoms with Gasteiger partial charge >= 0.3 is 0 Å². The van der Waals surface area contributed by atoms with Crippen molar-refractivity contribution in [2.75, 3.05) is 19.7 Å². The lowest BCUT2D eigenvalue weighted by Gasteiger charge is -2.20. The number of carbonyl (C=O) groups excluding carboxylic acids is 1. The first-order valence-electron chi connectivity index (χ1n) is 7.49. The summed E-state index contributed by atoms with van der Waals surface area (Å²) in [6, 6.07) is 0. The van der Waals surface area contributed by atoms with Crippen LogP contribution in [0.3, 0.4) is 0 Å². The van der Waals surface area contributed by atoms with E-state index in [1.165, 1.54) is 12.8 Å². The molecule has 2 heterocycles. The Morgan fingerprint density at radius 1 is 1.25 bits per heavy atom. The van der Waals surface area contributed by atoms with Gasteiger partial charge in [-0.05, 0) is 19.8 Å². The molecule has 1 amide bonds. The van der Waals surface area contributed by atoms with Gasteiger partial charge in [-0.15, -0.1) is 0 Å². The van der Waals surface area contributed by atoms with E-state index in [1.54, 1.807) is 4.68 Å². The number of aromatic nitrogens is 3. The summed E-state index contributed by atoms with van der Waals surface area (Å²) >= 11 is 0. The predicted octanol–water partition coefficient (Wildman–Crippen LogP) is 0.914. The number of rotatable bonds is 5. The predicted molar refractivity (Wildman–Crippen MR) is 75.2 cm³/mol. The van der Waals surface area contributed by atoms with Crippen LogP contribution in [0.15, 0.2) is 0 Å². The van der Waals surface area contributed by atoms with Gasteiger partial charge in [0.25, 0.3) is 0 Å². The van der Waals surface area contributed by atoms with Crippen molar-refractivity contribution in [1.29, 1.82) is 0 Å². The minimum atomic E-state index is 0.0376. The average Bonchev–Trinajstić information content (AvgIpc) is 2.66. The summed E-state index contributed by atoms with van der Waals surface area (Å²) in [6.07, 6.45) is 5.76. The van der Waals surface area contributed by atoms with Crippen molar-refractivity contribution >= 4 is 5.91 Å². The third-order valence-electron chi connectivity index (χ3n) is 3.69. The van der Waals surface area contributed by atoms with Crippen molar-refractivity contribution < 1.29 is 9.90 Å². The van der Waals surface area contributed by atoms with Crippen LogP contribution in [0.1, 0.15) is 43.8 Å². The van der Waals surface area contributed by atoms with Crippen molar-refractivity contribution in [3.8, 4) is 0 Å². The van der Waals surface area contributed by atoms with E-state index in [2.05, 4.69) is 10.1 Å². The second-order valence-electron chi connectivity index (χ2n) is 5.32. The number of aliphatic hydroxyl groups is 1. The lowest BCUT2D eigenvalue weighted by Crippen LogP contribution is -2.32. The summed E-state index contributed by atoms with van der Waals surface area (Å²) in [5, 5.41) is 13.2. The first-order chi connectivity index (χ1) is 9.70. The first kappa shape index (κ1) is 15.0. The molecule has 1 aromatic heterocycles. The molecule has 6 heteroatoms. The van der Waals surface area contributed by atoms with Crippen LogP contribution in [-0.4, -0.2) is 50.4 Å². The molecule has 112 valence electrons. The van der Waals surface area contributed by atoms with Crippen LogP contribution in [-0.2, 0) is 17.8 Å². The van der Waals surface area contributed by atoms with Crippen molar-refractivity contribution in [1.82, 2.24) is 19.7 Å². The molecule has 0 unspecified atom stereocenters. The second kappa shape index (κ2) is 7.38. The highest BCUT2D eigenvalue weighted by atomic mass is 16.3. The molecule has 0 radical (unpaired) electrons. The number of carbonyl (C=O) groups is 1. The highest BCUT2D eigenvalue weighted by Crippen LogP contribution is 2.12. The molecule has 0 saturated carbocycles. The fourth-order valence-corrected chi connectivity index (χ4v) is 2.65. The normalized spacial score (nSPS) is 16.2. The van der Waals surface area contributed by atoms with E-state index in [1.807, 2.05) is 11.8 Å². The summed E-state index contributed by atoms with van der Waals surface area (Å²) in [6.45, 7) is 4.08. The summed E-state index contributed by atoms with van der Waals surface area (Å²) < 4.78 is 1.70. The van der Waals surface area contributed by atoms with Gasteiger partial charge in [-0.2, -0.15) is 5.10 Å². The zero-order valence-corrected chi connectivity index (χ0v) is 12.2. The standard InChI is InChI=1S/C14H24N4O2/c1-12-15-13(18(16-12)10-11-19)6-7-14(20)17-8-4-2-3-5-9-17/h19H,2-11H2,1H3. The van der Waals surface area contributed by atoms with Crippen LogP contribution in [0, 0.1) is 6.92 Å². The molecule has 0 aromatic carbocycles. The van der Waals surface area contributed by atoms with Gasteiger partial charge in [0.1, 0.15) is 11.6 Å². The van der Waals surface area contributed by atoms with Crippen molar-refractivity contribution in [3.05, 3.63) is 11.6 Å². The van der Waals surface area contributed by atoms with Gasteiger partial charge in [0.2, 0.25) is 5.91 Å². The summed E-state index contributed by atoms with van der Waals surface area (Å²) in [4.78, 5) is 18.5. The van der Waals surface area contributed by atoms with E-state index < -0.39 is 0 Å². The molecule has 0 atom stereocenters. The maximum absolute atomic E-state index is 12.2. The quantitative estimate of drug-likeness (QED) is 0.870. The van der Waals surface area contributed by atoms with Crippen LogP contribution in [0.2, 0.25) is 0 Å². The number of hydrogen-bond acceptors (Lipinski definition) is 4. The average molecular weight is 280 g/mol. The molecule has 1 N–H and O–H groups in total. The Morgan fingerprint density at radius 3 is 2.60 bits per heavy atom. The summed E-state index contributed by atoms with van der Waals surface area (Å²) in [5.74, 6) is 1.69. The van der Waals surface area contributed by atoms with Crippen LogP contribution in [0.5, 0.6) is 0 Å². The van der Waals surface area contributed by atoms with Crippen LogP contribution < -0.4 is 0 Å². The fraction of sp³-hybridized carbons (Fsp3) is 0.786. The lowest BCUT2D eigenvalue weighted by molar-refractivity contribution is -0.131. The minimum Gasteiger partial charge on any atom is -0.394 e. The number of aliphatic hydroxyl groups excluding tert-OH is 1. The highest BCUT2D eigenvalue weighted by Gasteiger charge is 2.16. The molecule has 1 aliphatic heterocycles. The van der Waals surface area contributed by atoms with Crippen LogP contribution in [0.4, 0.5) is 0 Å². The Balaban J connectivity index is 1.89. The van der Waals surface area contributed by atoms with Crippen molar-refractivity contribution in [3.63, 3.8) is 0 Å². The Morgan fingerprint density at radius 2 is 1.95 bits per heavy atom. The SMILES string of the molecule is Cc1nc(CCC(=O)N2CCCCCC2)n(CCO)n1. The van der Waals surface area contributed by atoms with E-state index in [4.69, 9.17) is 5.11 Å². The van der Waals surface area contributed by atoms with Gasteiger partial charge in [-0.3, -0.25) is 4.79 Å². The highest BCUT2D eigenvalue weighted by molar-refractivity contribution is 5.76. The van der Waals surface area contributed by atoms with Gasteiger partial charge in [0.15, 0.2) is 0 Å². The third-order valence-corrected chi connectivity index (χ3v) is 3.69. The zero-order valence-electron chi connectivity index (χ0n) is 12.2. The third kappa shape index (κ3) is 4.03. The molecule has 1 fully saturated rings. The Hall–Kier alpha value is -1.43. The molecule has 1 saturated heterocycles. The maximum Gasteiger partial charge on any atom is 0.223 e. The van der Waals surface area contributed by atoms with E-state index in [0.717, 1.165) is 31.8 Å². The van der Waals surface area contributed by atoms with Gasteiger partial charge in [-0.1, -0.05) is 12.8 Å². The summed E-state index contributed by atoms with van der Waals surface area (Å²) in [7, 11) is 0. The lowest BCUT2D eigenvalue weighted by atomic mass is 10.2. The zero-order chi connectivity index (χ0) is 14.4. The fourth-order valence-electron chi connectivity index (χ4n) is 2.65. The Labute approximate surface area is 119 Å². The molecule has 0 aliphatic carbocycles. The molecule has 2 rings (SSSR count). The van der Waals surface area contributed by atoms with E-state index in [0.29, 0.717) is 25.2 Å². The number of likely N-dealkylation sites (tertiary alicyclic amines) is 1. The number of aryl methyl sites for hydroxylation is 2. The molecule has 1 aromatic rings. The van der Waals surface area contributed by atoms with Crippen molar-refractivity contribution in [2.24, 2.45) is 0 Å². The molecule has 6 nitrogen and oxygen atoms in total. The van der Waals surface area contributed by atoms with E-state index in [-0.39, 0.29) is 12.5 Å². The molecule has 0 spiro atoms. The van der Waals surface area contributed by atoms with Crippen LogP contribution >= 0.6 is 0 Å². The monoisotopic (exact) mass is 280 g/mol. The van der Waals surface area contributed by atoms with E-state index in [9.17, 15) is 4.79 Å². The molecule has 1 aliphatic rings. The Bertz CT molecular complexity index is 436. The maximum atomic E-state index is 12.2. The minimum absolute atomic E-state index is 0.0376. The summed E-state index contributed by atoms with van der Waals surface area (Å²) in [5.41, 5.74) is 0. The topological polar surface area (TPSA) is 71.2 Å². The largest absolute Gasteiger partial charge is 0.394 e. The molecular weight excluding hydrogens is 256 g/mol. The molecular formula is C14H24N4O2. The van der Waals surface area contributed by atoms with E-state index >= 15 is 0 Å². The Kier molecular flexibility index (Phi) is 5.52. The molecule has 0 bridgehead atoms. The van der Waals surface area contributed by atoms with Crippen LogP contribution in [0.25, 0.3) is 0 Å². The smallest absolute Gasteiger partial charge is 0.223 e.